The molecule has 3 nitrogen and oxygen atoms in total. The van der Waals surface area contributed by atoms with E-state index in [0.29, 0.717) is 27.2 Å². The summed E-state index contributed by atoms with van der Waals surface area (Å²) < 4.78 is 10.4. The van der Waals surface area contributed by atoms with E-state index in [4.69, 9.17) is 44.3 Å². The molecule has 0 saturated heterocycles. The lowest BCUT2D eigenvalue weighted by Crippen LogP contribution is -2.24. The van der Waals surface area contributed by atoms with E-state index < -0.39 is 12.1 Å². The van der Waals surface area contributed by atoms with Crippen molar-refractivity contribution in [3.63, 3.8) is 0 Å². The van der Waals surface area contributed by atoms with Gasteiger partial charge in [-0.25, -0.2) is 4.79 Å². The molecule has 1 atom stereocenters. The lowest BCUT2D eigenvalue weighted by atomic mass is 10.0. The lowest BCUT2D eigenvalue weighted by molar-refractivity contribution is -0.144. The molecule has 0 bridgehead atoms. The molecule has 0 heterocycles. The molecule has 122 valence electrons. The summed E-state index contributed by atoms with van der Waals surface area (Å²) >= 11 is 18.1. The highest BCUT2D eigenvalue weighted by Gasteiger charge is 2.17. The van der Waals surface area contributed by atoms with Crippen molar-refractivity contribution in [2.45, 2.75) is 19.4 Å². The van der Waals surface area contributed by atoms with Crippen LogP contribution in [0.25, 0.3) is 0 Å². The molecule has 0 radical (unpaired) electrons. The zero-order valence-electron chi connectivity index (χ0n) is 12.6. The molecule has 0 saturated carbocycles. The molecule has 0 fully saturated rings. The number of ether oxygens (including phenoxy) is 2. The van der Waals surface area contributed by atoms with Crippen LogP contribution >= 0.6 is 34.8 Å². The Morgan fingerprint density at radius 1 is 1.04 bits per heavy atom. The second kappa shape index (κ2) is 8.02. The minimum atomic E-state index is -0.666. The molecule has 2 aromatic rings. The van der Waals surface area contributed by atoms with Crippen molar-refractivity contribution in [3.05, 3.63) is 62.6 Å². The maximum Gasteiger partial charge on any atom is 0.340 e. The molecule has 23 heavy (non-hydrogen) atoms. The molecular formula is C17H15Cl3O3. The van der Waals surface area contributed by atoms with Gasteiger partial charge in [0.25, 0.3) is 0 Å². The lowest BCUT2D eigenvalue weighted by Gasteiger charge is -2.14. The average molecular weight is 374 g/mol. The third-order valence-corrected chi connectivity index (χ3v) is 4.14. The summed E-state index contributed by atoms with van der Waals surface area (Å²) in [4.78, 5) is 11.9. The van der Waals surface area contributed by atoms with Crippen LogP contribution in [-0.2, 0) is 16.0 Å². The first-order valence-electron chi connectivity index (χ1n) is 6.87. The van der Waals surface area contributed by atoms with Gasteiger partial charge in [-0.05, 0) is 42.3 Å². The highest BCUT2D eigenvalue weighted by Crippen LogP contribution is 2.29. The second-order valence-electron chi connectivity index (χ2n) is 4.96. The summed E-state index contributed by atoms with van der Waals surface area (Å²) in [6.45, 7) is 1.61. The maximum absolute atomic E-state index is 11.9. The van der Waals surface area contributed by atoms with Gasteiger partial charge in [-0.1, -0.05) is 46.9 Å². The number of carbonyl (C=O) groups excluding carboxylic acids is 1. The number of esters is 1. The smallest absolute Gasteiger partial charge is 0.340 e. The quantitative estimate of drug-likeness (QED) is 0.535. The summed E-state index contributed by atoms with van der Waals surface area (Å²) in [6, 6.07) is 10.4. The third kappa shape index (κ3) is 4.85. The van der Waals surface area contributed by atoms with E-state index in [1.165, 1.54) is 7.11 Å². The van der Waals surface area contributed by atoms with Crippen molar-refractivity contribution >= 4 is 40.8 Å². The number of benzene rings is 2. The molecule has 0 unspecified atom stereocenters. The zero-order chi connectivity index (χ0) is 17.0. The van der Waals surface area contributed by atoms with Crippen molar-refractivity contribution < 1.29 is 14.3 Å². The SMILES string of the molecule is CO[C@@H](C)C(=O)Oc1cc(Cl)ccc1Cc1ccc(Cl)cc1Cl. The predicted molar refractivity (Wildman–Crippen MR) is 92.8 cm³/mol. The number of rotatable bonds is 5. The first-order chi connectivity index (χ1) is 10.9. The molecule has 6 heteroatoms. The van der Waals surface area contributed by atoms with Crippen LogP contribution in [0.5, 0.6) is 5.75 Å². The van der Waals surface area contributed by atoms with Crippen LogP contribution in [0.15, 0.2) is 36.4 Å². The van der Waals surface area contributed by atoms with Gasteiger partial charge in [-0.15, -0.1) is 0 Å². The number of hydrogen-bond donors (Lipinski definition) is 0. The Balaban J connectivity index is 2.29. The van der Waals surface area contributed by atoms with Crippen molar-refractivity contribution in [3.8, 4) is 5.75 Å². The first-order valence-corrected chi connectivity index (χ1v) is 8.01. The van der Waals surface area contributed by atoms with Crippen molar-refractivity contribution in [2.24, 2.45) is 0 Å². The monoisotopic (exact) mass is 372 g/mol. The van der Waals surface area contributed by atoms with Gasteiger partial charge >= 0.3 is 5.97 Å². The van der Waals surface area contributed by atoms with Crippen molar-refractivity contribution in [2.75, 3.05) is 7.11 Å². The minimum Gasteiger partial charge on any atom is -0.424 e. The van der Waals surface area contributed by atoms with Gasteiger partial charge in [-0.2, -0.15) is 0 Å². The van der Waals surface area contributed by atoms with Gasteiger partial charge in [0.1, 0.15) is 5.75 Å². The minimum absolute atomic E-state index is 0.386. The number of methoxy groups -OCH3 is 1. The average Bonchev–Trinajstić information content (AvgIpc) is 2.51. The van der Waals surface area contributed by atoms with Crippen molar-refractivity contribution in [1.29, 1.82) is 0 Å². The summed E-state index contributed by atoms with van der Waals surface area (Å²) in [6.07, 6.45) is -0.183. The number of halogens is 3. The fourth-order valence-corrected chi connectivity index (χ4v) is 2.56. The first kappa shape index (κ1) is 18.1. The highest BCUT2D eigenvalue weighted by molar-refractivity contribution is 6.35. The van der Waals surface area contributed by atoms with Crippen LogP contribution in [0.3, 0.4) is 0 Å². The fraction of sp³-hybridized carbons (Fsp3) is 0.235. The molecule has 2 aromatic carbocycles. The Kier molecular flexibility index (Phi) is 6.31. The van der Waals surface area contributed by atoms with Gasteiger partial charge in [0.05, 0.1) is 0 Å². The van der Waals surface area contributed by atoms with Gasteiger partial charge in [0, 0.05) is 28.6 Å². The van der Waals surface area contributed by atoms with Crippen LogP contribution in [0, 0.1) is 0 Å². The summed E-state index contributed by atoms with van der Waals surface area (Å²) in [7, 11) is 1.44. The maximum atomic E-state index is 11.9. The van der Waals surface area contributed by atoms with Gasteiger partial charge < -0.3 is 9.47 Å². The molecule has 0 aromatic heterocycles. The molecule has 0 amide bonds. The topological polar surface area (TPSA) is 35.5 Å². The molecule has 0 spiro atoms. The van der Waals surface area contributed by atoms with E-state index in [1.54, 1.807) is 37.3 Å². The molecular weight excluding hydrogens is 359 g/mol. The summed E-state index contributed by atoms with van der Waals surface area (Å²) in [5, 5.41) is 1.59. The van der Waals surface area contributed by atoms with E-state index in [-0.39, 0.29) is 0 Å². The fourth-order valence-electron chi connectivity index (χ4n) is 1.93. The largest absolute Gasteiger partial charge is 0.424 e. The zero-order valence-corrected chi connectivity index (χ0v) is 14.9. The van der Waals surface area contributed by atoms with Gasteiger partial charge in [-0.3, -0.25) is 0 Å². The Bertz CT molecular complexity index is 716. The normalized spacial score (nSPS) is 12.0. The van der Waals surface area contributed by atoms with E-state index in [0.717, 1.165) is 11.1 Å². The predicted octanol–water partition coefficient (Wildman–Crippen LogP) is 5.18. The Morgan fingerprint density at radius 3 is 2.26 bits per heavy atom. The van der Waals surface area contributed by atoms with Crippen molar-refractivity contribution in [1.82, 2.24) is 0 Å². The third-order valence-electron chi connectivity index (χ3n) is 3.32. The van der Waals surface area contributed by atoms with E-state index >= 15 is 0 Å². The van der Waals surface area contributed by atoms with Gasteiger partial charge in [0.2, 0.25) is 0 Å². The van der Waals surface area contributed by atoms with Crippen LogP contribution in [0.2, 0.25) is 15.1 Å². The number of hydrogen-bond acceptors (Lipinski definition) is 3. The summed E-state index contributed by atoms with van der Waals surface area (Å²) in [5.41, 5.74) is 1.66. The standard InChI is InChI=1S/C17H15Cl3O3/c1-10(22-2)17(21)23-16-9-14(19)6-4-12(16)7-11-3-5-13(18)8-15(11)20/h3-6,8-10H,7H2,1-2H3/t10-/m0/s1. The van der Waals surface area contributed by atoms with Crippen LogP contribution < -0.4 is 4.74 Å². The molecule has 0 aliphatic rings. The van der Waals surface area contributed by atoms with E-state index in [2.05, 4.69) is 0 Å². The Morgan fingerprint density at radius 2 is 1.65 bits per heavy atom. The van der Waals surface area contributed by atoms with Crippen LogP contribution in [-0.4, -0.2) is 19.2 Å². The summed E-state index contributed by atoms with van der Waals surface area (Å²) in [5.74, 6) is -0.101. The van der Waals surface area contributed by atoms with Gasteiger partial charge in [0.15, 0.2) is 6.10 Å². The Hall–Kier alpha value is -1.26. The van der Waals surface area contributed by atoms with E-state index in [9.17, 15) is 4.79 Å². The second-order valence-corrected chi connectivity index (χ2v) is 6.24. The Labute approximate surface area is 150 Å². The molecule has 0 N–H and O–H groups in total. The molecule has 2 rings (SSSR count). The van der Waals surface area contributed by atoms with Crippen LogP contribution in [0.1, 0.15) is 18.1 Å². The highest BCUT2D eigenvalue weighted by atomic mass is 35.5. The van der Waals surface area contributed by atoms with E-state index in [1.807, 2.05) is 6.07 Å². The molecule has 0 aliphatic heterocycles. The molecule has 0 aliphatic carbocycles. The number of carbonyl (C=O) groups is 1. The van der Waals surface area contributed by atoms with Crippen LogP contribution in [0.4, 0.5) is 0 Å².